The molecule has 2 atom stereocenters. The molecule has 0 amide bonds. The van der Waals surface area contributed by atoms with Gasteiger partial charge < -0.3 is 9.47 Å². The summed E-state index contributed by atoms with van der Waals surface area (Å²) in [7, 11) is 0. The Labute approximate surface area is 68.2 Å². The Morgan fingerprint density at radius 1 is 1.45 bits per heavy atom. The minimum atomic E-state index is -0.431. The van der Waals surface area contributed by atoms with Crippen molar-refractivity contribution in [2.24, 2.45) is 0 Å². The highest BCUT2D eigenvalue weighted by Gasteiger charge is 2.38. The van der Waals surface area contributed by atoms with E-state index in [4.69, 9.17) is 9.47 Å². The van der Waals surface area contributed by atoms with Crippen LogP contribution in [0.25, 0.3) is 0 Å². The fourth-order valence-electron chi connectivity index (χ4n) is 1.38. The zero-order chi connectivity index (χ0) is 8.48. The molecule has 1 aliphatic rings. The second kappa shape index (κ2) is 2.95. The van der Waals surface area contributed by atoms with Crippen molar-refractivity contribution in [3.05, 3.63) is 12.7 Å². The van der Waals surface area contributed by atoms with Crippen LogP contribution in [-0.4, -0.2) is 18.0 Å². The monoisotopic (exact) mass is 156 g/mol. The largest absolute Gasteiger partial charge is 0.344 e. The van der Waals surface area contributed by atoms with E-state index in [0.717, 1.165) is 6.42 Å². The molecule has 2 nitrogen and oxygen atoms in total. The average molecular weight is 156 g/mol. The summed E-state index contributed by atoms with van der Waals surface area (Å²) in [5, 5.41) is 0. The van der Waals surface area contributed by atoms with Gasteiger partial charge in [0, 0.05) is 0 Å². The lowest BCUT2D eigenvalue weighted by Crippen LogP contribution is -2.21. The summed E-state index contributed by atoms with van der Waals surface area (Å²) in [6.07, 6.45) is 3.03. The molecule has 0 N–H and O–H groups in total. The van der Waals surface area contributed by atoms with Crippen LogP contribution in [0.1, 0.15) is 27.2 Å². The average Bonchev–Trinajstić information content (AvgIpc) is 2.25. The summed E-state index contributed by atoms with van der Waals surface area (Å²) in [6.45, 7) is 9.65. The Balaban J connectivity index is 2.62. The number of hydrogen-bond acceptors (Lipinski definition) is 2. The molecule has 0 aromatic carbocycles. The van der Waals surface area contributed by atoms with Gasteiger partial charge in [-0.05, 0) is 20.3 Å². The van der Waals surface area contributed by atoms with Crippen LogP contribution in [0.15, 0.2) is 12.7 Å². The molecule has 0 aliphatic carbocycles. The van der Waals surface area contributed by atoms with Crippen LogP contribution in [0.2, 0.25) is 0 Å². The normalized spacial score (nSPS) is 35.5. The lowest BCUT2D eigenvalue weighted by molar-refractivity contribution is -0.143. The molecule has 11 heavy (non-hydrogen) atoms. The Hall–Kier alpha value is -0.340. The maximum atomic E-state index is 5.61. The van der Waals surface area contributed by atoms with Crippen molar-refractivity contribution in [3.8, 4) is 0 Å². The third-order valence-electron chi connectivity index (χ3n) is 1.86. The van der Waals surface area contributed by atoms with Gasteiger partial charge >= 0.3 is 0 Å². The molecular weight excluding hydrogens is 140 g/mol. The summed E-state index contributed by atoms with van der Waals surface area (Å²) in [5.41, 5.74) is 0. The fraction of sp³-hybridized carbons (Fsp3) is 0.778. The predicted octanol–water partition coefficient (Wildman–Crippen LogP) is 2.10. The van der Waals surface area contributed by atoms with Crippen molar-refractivity contribution in [3.63, 3.8) is 0 Å². The highest BCUT2D eigenvalue weighted by atomic mass is 16.7. The van der Waals surface area contributed by atoms with Gasteiger partial charge in [0.25, 0.3) is 0 Å². The van der Waals surface area contributed by atoms with Crippen molar-refractivity contribution in [1.82, 2.24) is 0 Å². The summed E-state index contributed by atoms with van der Waals surface area (Å²) in [5.74, 6) is -0.431. The topological polar surface area (TPSA) is 18.5 Å². The smallest absolute Gasteiger partial charge is 0.164 e. The molecule has 1 saturated heterocycles. The first-order chi connectivity index (χ1) is 5.09. The third-order valence-corrected chi connectivity index (χ3v) is 1.86. The van der Waals surface area contributed by atoms with Crippen LogP contribution >= 0.6 is 0 Å². The molecule has 0 bridgehead atoms. The lowest BCUT2D eigenvalue weighted by Gasteiger charge is -2.16. The van der Waals surface area contributed by atoms with E-state index in [0.29, 0.717) is 0 Å². The SMILES string of the molecule is C=C[C@@H]1OC(C)(C)O[C@H]1CC. The van der Waals surface area contributed by atoms with Crippen molar-refractivity contribution in [2.75, 3.05) is 0 Å². The molecule has 2 heteroatoms. The van der Waals surface area contributed by atoms with E-state index in [1.807, 2.05) is 19.9 Å². The summed E-state index contributed by atoms with van der Waals surface area (Å²) in [4.78, 5) is 0. The molecule has 64 valence electrons. The molecule has 1 fully saturated rings. The molecule has 1 rings (SSSR count). The molecule has 0 spiro atoms. The van der Waals surface area contributed by atoms with Gasteiger partial charge in [-0.25, -0.2) is 0 Å². The molecule has 0 saturated carbocycles. The Kier molecular flexibility index (Phi) is 2.35. The molecule has 0 radical (unpaired) electrons. The van der Waals surface area contributed by atoms with Gasteiger partial charge in [0.2, 0.25) is 0 Å². The first-order valence-corrected chi connectivity index (χ1v) is 4.07. The second-order valence-corrected chi connectivity index (χ2v) is 3.28. The van der Waals surface area contributed by atoms with E-state index < -0.39 is 5.79 Å². The Morgan fingerprint density at radius 2 is 2.09 bits per heavy atom. The predicted molar refractivity (Wildman–Crippen MR) is 44.3 cm³/mol. The van der Waals surface area contributed by atoms with Crippen LogP contribution in [0.5, 0.6) is 0 Å². The van der Waals surface area contributed by atoms with E-state index in [1.165, 1.54) is 0 Å². The van der Waals surface area contributed by atoms with Gasteiger partial charge in [0.15, 0.2) is 5.79 Å². The highest BCUT2D eigenvalue weighted by molar-refractivity contribution is 4.92. The van der Waals surface area contributed by atoms with E-state index in [1.54, 1.807) is 0 Å². The van der Waals surface area contributed by atoms with E-state index in [2.05, 4.69) is 13.5 Å². The van der Waals surface area contributed by atoms with Crippen molar-refractivity contribution < 1.29 is 9.47 Å². The van der Waals surface area contributed by atoms with Crippen molar-refractivity contribution in [2.45, 2.75) is 45.2 Å². The zero-order valence-electron chi connectivity index (χ0n) is 7.46. The van der Waals surface area contributed by atoms with Gasteiger partial charge in [-0.1, -0.05) is 13.0 Å². The van der Waals surface area contributed by atoms with Crippen LogP contribution < -0.4 is 0 Å². The lowest BCUT2D eigenvalue weighted by atomic mass is 10.1. The summed E-state index contributed by atoms with van der Waals surface area (Å²) in [6, 6.07) is 0. The van der Waals surface area contributed by atoms with Gasteiger partial charge in [-0.15, -0.1) is 6.58 Å². The van der Waals surface area contributed by atoms with E-state index in [-0.39, 0.29) is 12.2 Å². The number of rotatable bonds is 2. The van der Waals surface area contributed by atoms with Gasteiger partial charge in [-0.3, -0.25) is 0 Å². The second-order valence-electron chi connectivity index (χ2n) is 3.28. The van der Waals surface area contributed by atoms with Gasteiger partial charge in [0.1, 0.15) is 6.10 Å². The molecule has 1 heterocycles. The van der Waals surface area contributed by atoms with Crippen LogP contribution in [0, 0.1) is 0 Å². The third kappa shape index (κ3) is 1.82. The zero-order valence-corrected chi connectivity index (χ0v) is 7.46. The number of hydrogen-bond donors (Lipinski definition) is 0. The standard InChI is InChI=1S/C9H16O2/c1-5-7-8(6-2)11-9(3,4)10-7/h5,7-8H,1,6H2,2-4H3/t7-,8-/m0/s1. The maximum absolute atomic E-state index is 5.61. The summed E-state index contributed by atoms with van der Waals surface area (Å²) < 4.78 is 11.2. The highest BCUT2D eigenvalue weighted by Crippen LogP contribution is 2.29. The van der Waals surface area contributed by atoms with E-state index in [9.17, 15) is 0 Å². The summed E-state index contributed by atoms with van der Waals surface area (Å²) >= 11 is 0. The van der Waals surface area contributed by atoms with Crippen molar-refractivity contribution >= 4 is 0 Å². The molecule has 0 aromatic heterocycles. The molecule has 0 unspecified atom stereocenters. The minimum Gasteiger partial charge on any atom is -0.344 e. The maximum Gasteiger partial charge on any atom is 0.164 e. The van der Waals surface area contributed by atoms with Gasteiger partial charge in [-0.2, -0.15) is 0 Å². The van der Waals surface area contributed by atoms with Crippen LogP contribution in [0.4, 0.5) is 0 Å². The fourth-order valence-corrected chi connectivity index (χ4v) is 1.38. The number of ether oxygens (including phenoxy) is 2. The molecule has 1 aliphatic heterocycles. The van der Waals surface area contributed by atoms with Crippen LogP contribution in [0.3, 0.4) is 0 Å². The Morgan fingerprint density at radius 3 is 2.45 bits per heavy atom. The minimum absolute atomic E-state index is 0.0648. The van der Waals surface area contributed by atoms with Crippen molar-refractivity contribution in [1.29, 1.82) is 0 Å². The quantitative estimate of drug-likeness (QED) is 0.570. The first-order valence-electron chi connectivity index (χ1n) is 4.07. The van der Waals surface area contributed by atoms with Gasteiger partial charge in [0.05, 0.1) is 6.10 Å². The van der Waals surface area contributed by atoms with Crippen LogP contribution in [-0.2, 0) is 9.47 Å². The first kappa shape index (κ1) is 8.75. The molecule has 0 aromatic rings. The molecular formula is C9H16O2. The van der Waals surface area contributed by atoms with E-state index >= 15 is 0 Å². The Bertz CT molecular complexity index is 152.